The molecule has 4 aromatic rings. The molecule has 2 aliphatic rings. The summed E-state index contributed by atoms with van der Waals surface area (Å²) < 4.78 is 26.1. The third-order valence-corrected chi connectivity index (χ3v) is 8.74. The van der Waals surface area contributed by atoms with Crippen molar-refractivity contribution < 1.29 is 33.4 Å². The van der Waals surface area contributed by atoms with Gasteiger partial charge in [-0.1, -0.05) is 13.3 Å². The Morgan fingerprint density at radius 2 is 1.94 bits per heavy atom. The maximum absolute atomic E-state index is 13.6. The van der Waals surface area contributed by atoms with Crippen molar-refractivity contribution in [3.8, 4) is 17.1 Å². The number of azo groups is 1. The van der Waals surface area contributed by atoms with E-state index in [4.69, 9.17) is 14.5 Å². The highest BCUT2D eigenvalue weighted by molar-refractivity contribution is 5.90. The quantitative estimate of drug-likeness (QED) is 0.0891. The number of fused-ring (bicyclic) bond motifs is 5. The first kappa shape index (κ1) is 34.4. The number of amides is 1. The van der Waals surface area contributed by atoms with E-state index < -0.39 is 40.8 Å². The van der Waals surface area contributed by atoms with Gasteiger partial charge in [0.25, 0.3) is 11.5 Å². The number of pyridine rings is 2. The number of nitrogens with zero attached hydrogens (tertiary/aromatic N) is 6. The third kappa shape index (κ3) is 6.58. The lowest BCUT2D eigenvalue weighted by Gasteiger charge is -2.31. The average molecular weight is 688 g/mol. The largest absolute Gasteiger partial charge is 0.458 e. The number of aromatic amines is 1. The summed E-state index contributed by atoms with van der Waals surface area (Å²) >= 11 is 0. The SMILES string of the molecule is CC[C@@]1(O)C(=O)OCc2c1cc1n(c2=O)Cc2cc3c(CN(C)C)c(OC(=O)CCCCCC(=O)N=Nc4[nH]c(=O)ncc4F)ccc3nc2-1. The van der Waals surface area contributed by atoms with Crippen LogP contribution in [0.2, 0.25) is 0 Å². The second-order valence-corrected chi connectivity index (χ2v) is 12.5. The molecule has 2 N–H and O–H groups in total. The molecule has 2 aliphatic heterocycles. The van der Waals surface area contributed by atoms with Crippen LogP contribution in [0.1, 0.15) is 67.7 Å². The number of hydrogen-bond acceptors (Lipinski definition) is 12. The minimum Gasteiger partial charge on any atom is -0.458 e. The lowest BCUT2D eigenvalue weighted by molar-refractivity contribution is -0.172. The van der Waals surface area contributed by atoms with Crippen LogP contribution in [0.25, 0.3) is 22.3 Å². The number of halogens is 1. The molecule has 1 amide bonds. The summed E-state index contributed by atoms with van der Waals surface area (Å²) in [6.07, 6.45) is 2.23. The van der Waals surface area contributed by atoms with Gasteiger partial charge in [0.2, 0.25) is 0 Å². The third-order valence-electron chi connectivity index (χ3n) is 8.74. The summed E-state index contributed by atoms with van der Waals surface area (Å²) in [7, 11) is 3.77. The van der Waals surface area contributed by atoms with E-state index in [1.54, 1.807) is 29.7 Å². The first-order chi connectivity index (χ1) is 23.9. The molecule has 1 atom stereocenters. The van der Waals surface area contributed by atoms with Gasteiger partial charge in [-0.15, -0.1) is 10.2 Å². The minimum atomic E-state index is -1.92. The molecule has 0 saturated carbocycles. The summed E-state index contributed by atoms with van der Waals surface area (Å²) in [6.45, 7) is 2.09. The molecule has 5 heterocycles. The molecular formula is C34H34FN7O8. The van der Waals surface area contributed by atoms with Gasteiger partial charge >= 0.3 is 17.6 Å². The zero-order chi connectivity index (χ0) is 35.7. The summed E-state index contributed by atoms with van der Waals surface area (Å²) in [5, 5.41) is 18.7. The Morgan fingerprint density at radius 3 is 2.70 bits per heavy atom. The van der Waals surface area contributed by atoms with Gasteiger partial charge in [-0.25, -0.2) is 19.0 Å². The molecule has 0 fully saturated rings. The van der Waals surface area contributed by atoms with Gasteiger partial charge in [0, 0.05) is 41.5 Å². The van der Waals surface area contributed by atoms with Crippen LogP contribution in [0.3, 0.4) is 0 Å². The summed E-state index contributed by atoms with van der Waals surface area (Å²) in [5.74, 6) is -2.86. The fraction of sp³-hybridized carbons (Fsp3) is 0.382. The molecular weight excluding hydrogens is 653 g/mol. The molecule has 6 rings (SSSR count). The van der Waals surface area contributed by atoms with E-state index in [1.807, 2.05) is 25.1 Å². The normalized spacial score (nSPS) is 16.4. The standard InChI is InChI=1S/C34H34FN7O8/c1-4-34(48)22-13-25-29-18(15-42(25)31(45)21(22)17-49-32(34)46)12-19-20(16-41(2)3)26(11-10-24(19)37-29)50-28(44)9-7-5-6-8-27(43)39-40-30-23(35)14-36-33(47)38-30/h10-14,48H,4-9,15-17H2,1-3H3,(H,36,38,47)/t34-/m0/s1. The number of aliphatic hydroxyl groups is 1. The summed E-state index contributed by atoms with van der Waals surface area (Å²) in [5.41, 5.74) is 0.574. The highest BCUT2D eigenvalue weighted by atomic mass is 19.1. The highest BCUT2D eigenvalue weighted by Gasteiger charge is 2.45. The van der Waals surface area contributed by atoms with Crippen LogP contribution in [0.15, 0.2) is 50.3 Å². The number of unbranched alkanes of at least 4 members (excludes halogenated alkanes) is 2. The zero-order valence-corrected chi connectivity index (χ0v) is 27.6. The van der Waals surface area contributed by atoms with Gasteiger partial charge in [-0.05, 0) is 57.6 Å². The molecule has 0 unspecified atom stereocenters. The van der Waals surface area contributed by atoms with Crippen LogP contribution in [-0.2, 0) is 44.4 Å². The molecule has 0 radical (unpaired) electrons. The van der Waals surface area contributed by atoms with Crippen LogP contribution < -0.4 is 16.0 Å². The van der Waals surface area contributed by atoms with Crippen molar-refractivity contribution >= 4 is 34.6 Å². The molecule has 3 aromatic heterocycles. The van der Waals surface area contributed by atoms with Crippen molar-refractivity contribution in [1.82, 2.24) is 24.4 Å². The van der Waals surface area contributed by atoms with E-state index >= 15 is 0 Å². The van der Waals surface area contributed by atoms with Gasteiger partial charge < -0.3 is 24.0 Å². The number of ether oxygens (including phenoxy) is 2. The van der Waals surface area contributed by atoms with Crippen LogP contribution >= 0.6 is 0 Å². The number of aromatic nitrogens is 4. The maximum Gasteiger partial charge on any atom is 0.346 e. The highest BCUT2D eigenvalue weighted by Crippen LogP contribution is 2.40. The van der Waals surface area contributed by atoms with E-state index in [-0.39, 0.29) is 49.1 Å². The van der Waals surface area contributed by atoms with E-state index in [0.29, 0.717) is 54.7 Å². The van der Waals surface area contributed by atoms with E-state index in [1.165, 1.54) is 0 Å². The number of hydrogen-bond donors (Lipinski definition) is 2. The van der Waals surface area contributed by atoms with Gasteiger partial charge in [0.1, 0.15) is 12.4 Å². The molecule has 1 aromatic carbocycles. The first-order valence-electron chi connectivity index (χ1n) is 16.1. The predicted octanol–water partition coefficient (Wildman–Crippen LogP) is 3.53. The number of cyclic esters (lactones) is 1. The number of esters is 2. The molecule has 0 saturated heterocycles. The Bertz CT molecular complexity index is 2200. The number of carbonyl (C=O) groups is 3. The second kappa shape index (κ2) is 13.8. The van der Waals surface area contributed by atoms with Crippen LogP contribution in [0.5, 0.6) is 5.75 Å². The van der Waals surface area contributed by atoms with Crippen molar-refractivity contribution in [2.24, 2.45) is 10.2 Å². The minimum absolute atomic E-state index is 0.0223. The average Bonchev–Trinajstić information content (AvgIpc) is 3.44. The number of H-pyrrole nitrogens is 1. The molecule has 15 nitrogen and oxygen atoms in total. The van der Waals surface area contributed by atoms with E-state index in [0.717, 1.165) is 16.5 Å². The Balaban J connectivity index is 1.15. The van der Waals surface area contributed by atoms with Crippen molar-refractivity contribution in [3.05, 3.63) is 79.4 Å². The van der Waals surface area contributed by atoms with Crippen molar-refractivity contribution in [1.29, 1.82) is 0 Å². The smallest absolute Gasteiger partial charge is 0.346 e. The van der Waals surface area contributed by atoms with Gasteiger partial charge in [0.15, 0.2) is 17.2 Å². The molecule has 260 valence electrons. The fourth-order valence-electron chi connectivity index (χ4n) is 6.16. The van der Waals surface area contributed by atoms with E-state index in [9.17, 15) is 33.5 Å². The Hall–Kier alpha value is -5.48. The number of nitrogens with one attached hydrogen (secondary N) is 1. The second-order valence-electron chi connectivity index (χ2n) is 12.5. The van der Waals surface area contributed by atoms with Crippen molar-refractivity contribution in [2.75, 3.05) is 14.1 Å². The van der Waals surface area contributed by atoms with Gasteiger partial charge in [0.05, 0.1) is 35.2 Å². The molecule has 0 spiro atoms. The van der Waals surface area contributed by atoms with Gasteiger partial charge in [-0.2, -0.15) is 4.98 Å². The topological polar surface area (TPSA) is 198 Å². The monoisotopic (exact) mass is 687 g/mol. The van der Waals surface area contributed by atoms with E-state index in [2.05, 4.69) is 20.2 Å². The predicted molar refractivity (Wildman–Crippen MR) is 175 cm³/mol. The lowest BCUT2D eigenvalue weighted by atomic mass is 9.86. The zero-order valence-electron chi connectivity index (χ0n) is 27.6. The van der Waals surface area contributed by atoms with Crippen molar-refractivity contribution in [2.45, 2.75) is 70.7 Å². The maximum atomic E-state index is 13.6. The number of carbonyl (C=O) groups excluding carboxylic acids is 3. The Morgan fingerprint density at radius 1 is 1.16 bits per heavy atom. The molecule has 50 heavy (non-hydrogen) atoms. The fourth-order valence-corrected chi connectivity index (χ4v) is 6.16. The first-order valence-corrected chi connectivity index (χ1v) is 16.1. The molecule has 16 heteroatoms. The Kier molecular flexibility index (Phi) is 9.49. The summed E-state index contributed by atoms with van der Waals surface area (Å²) in [6, 6.07) is 7.02. The number of benzene rings is 1. The summed E-state index contributed by atoms with van der Waals surface area (Å²) in [4.78, 5) is 74.2. The molecule has 0 bridgehead atoms. The van der Waals surface area contributed by atoms with Crippen molar-refractivity contribution in [3.63, 3.8) is 0 Å². The van der Waals surface area contributed by atoms with Crippen LogP contribution in [-0.4, -0.2) is 61.5 Å². The molecule has 0 aliphatic carbocycles. The number of rotatable bonds is 11. The van der Waals surface area contributed by atoms with Crippen LogP contribution in [0.4, 0.5) is 10.2 Å². The van der Waals surface area contributed by atoms with Gasteiger partial charge in [-0.3, -0.25) is 19.4 Å². The Labute approximate surface area is 283 Å². The lowest BCUT2D eigenvalue weighted by Crippen LogP contribution is -2.44. The van der Waals surface area contributed by atoms with Crippen LogP contribution in [0, 0.1) is 5.82 Å².